The predicted molar refractivity (Wildman–Crippen MR) is 112 cm³/mol. The maximum atomic E-state index is 14.8. The first kappa shape index (κ1) is 20.7. The SMILES string of the molecule is [2H]C([2H])([2H])Oc1nc(CCOC(=O)CC)c(C2OCCO2)c(N[C@H](C)c2cccc(C(F)F)c2F)n1. The fourth-order valence-electron chi connectivity index (χ4n) is 3.33. The number of methoxy groups -OCH3 is 1. The minimum atomic E-state index is -3.01. The fraction of sp³-hybridized carbons (Fsp3) is 0.500. The Morgan fingerprint density at radius 1 is 1.30 bits per heavy atom. The number of anilines is 1. The van der Waals surface area contributed by atoms with E-state index in [1.165, 1.54) is 19.1 Å². The van der Waals surface area contributed by atoms with E-state index in [0.717, 1.165) is 6.07 Å². The number of halogens is 3. The Morgan fingerprint density at radius 3 is 2.70 bits per heavy atom. The first-order valence-corrected chi connectivity index (χ1v) is 10.3. The zero-order valence-corrected chi connectivity index (χ0v) is 18.1. The van der Waals surface area contributed by atoms with Gasteiger partial charge in [0.05, 0.1) is 53.8 Å². The van der Waals surface area contributed by atoms with Crippen LogP contribution in [0.25, 0.3) is 0 Å². The van der Waals surface area contributed by atoms with Gasteiger partial charge in [0.25, 0.3) is 6.43 Å². The van der Waals surface area contributed by atoms with E-state index in [9.17, 15) is 18.0 Å². The van der Waals surface area contributed by atoms with Gasteiger partial charge in [-0.05, 0) is 6.92 Å². The topological polar surface area (TPSA) is 91.8 Å². The van der Waals surface area contributed by atoms with Crippen LogP contribution in [-0.4, -0.2) is 42.8 Å². The average molecular weight is 472 g/mol. The first-order valence-electron chi connectivity index (χ1n) is 11.8. The summed E-state index contributed by atoms with van der Waals surface area (Å²) in [6.07, 6.45) is -3.78. The summed E-state index contributed by atoms with van der Waals surface area (Å²) in [4.78, 5) is 19.9. The van der Waals surface area contributed by atoms with E-state index in [1.54, 1.807) is 6.92 Å². The lowest BCUT2D eigenvalue weighted by Gasteiger charge is -2.23. The second kappa shape index (κ2) is 11.3. The first-order chi connectivity index (χ1) is 17.0. The third-order valence-electron chi connectivity index (χ3n) is 4.96. The second-order valence-corrected chi connectivity index (χ2v) is 7.13. The third-order valence-corrected chi connectivity index (χ3v) is 4.96. The maximum Gasteiger partial charge on any atom is 0.318 e. The molecule has 1 aromatic carbocycles. The Hall–Kier alpha value is -2.92. The summed E-state index contributed by atoms with van der Waals surface area (Å²) in [6, 6.07) is 2.21. The molecular weight excluding hydrogens is 443 g/mol. The minimum absolute atomic E-state index is 0.0117. The summed E-state index contributed by atoms with van der Waals surface area (Å²) in [5, 5.41) is 2.92. The zero-order valence-electron chi connectivity index (χ0n) is 21.1. The molecule has 2 heterocycles. The van der Waals surface area contributed by atoms with E-state index in [-0.39, 0.29) is 55.3 Å². The van der Waals surface area contributed by atoms with Crippen LogP contribution in [0.2, 0.25) is 0 Å². The van der Waals surface area contributed by atoms with Crippen LogP contribution in [0.1, 0.15) is 65.5 Å². The quantitative estimate of drug-likeness (QED) is 0.513. The van der Waals surface area contributed by atoms with Crippen molar-refractivity contribution >= 4 is 11.8 Å². The fourth-order valence-corrected chi connectivity index (χ4v) is 3.33. The van der Waals surface area contributed by atoms with Crippen molar-refractivity contribution in [1.29, 1.82) is 0 Å². The van der Waals surface area contributed by atoms with E-state index >= 15 is 0 Å². The zero-order chi connectivity index (χ0) is 26.5. The lowest BCUT2D eigenvalue weighted by molar-refractivity contribution is -0.143. The van der Waals surface area contributed by atoms with Crippen LogP contribution in [0.4, 0.5) is 19.0 Å². The molecule has 1 N–H and O–H groups in total. The number of ether oxygens (including phenoxy) is 4. The molecule has 1 aromatic heterocycles. The lowest BCUT2D eigenvalue weighted by atomic mass is 10.0. The summed E-state index contributed by atoms with van der Waals surface area (Å²) < 4.78 is 84.6. The third kappa shape index (κ3) is 5.91. The Balaban J connectivity index is 2.03. The van der Waals surface area contributed by atoms with E-state index in [2.05, 4.69) is 15.3 Å². The molecule has 0 unspecified atom stereocenters. The maximum absolute atomic E-state index is 14.8. The van der Waals surface area contributed by atoms with Crippen LogP contribution < -0.4 is 10.1 Å². The molecule has 1 saturated heterocycles. The highest BCUT2D eigenvalue weighted by Crippen LogP contribution is 2.35. The van der Waals surface area contributed by atoms with Gasteiger partial charge in [0.2, 0.25) is 0 Å². The molecule has 0 saturated carbocycles. The van der Waals surface area contributed by atoms with Crippen LogP contribution >= 0.6 is 0 Å². The lowest BCUT2D eigenvalue weighted by Crippen LogP contribution is -2.18. The Morgan fingerprint density at radius 2 is 2.03 bits per heavy atom. The van der Waals surface area contributed by atoms with Crippen LogP contribution in [0.3, 0.4) is 0 Å². The van der Waals surface area contributed by atoms with Gasteiger partial charge >= 0.3 is 12.0 Å². The van der Waals surface area contributed by atoms with Crippen LogP contribution in [-0.2, 0) is 25.4 Å². The number of aromatic nitrogens is 2. The number of nitrogens with zero attached hydrogens (tertiary/aromatic N) is 2. The second-order valence-electron chi connectivity index (χ2n) is 7.13. The molecule has 11 heteroatoms. The highest BCUT2D eigenvalue weighted by Gasteiger charge is 2.29. The smallest absolute Gasteiger partial charge is 0.318 e. The molecule has 1 aliphatic heterocycles. The van der Waals surface area contributed by atoms with Gasteiger partial charge in [-0.2, -0.15) is 9.97 Å². The van der Waals surface area contributed by atoms with E-state index in [1.807, 2.05) is 0 Å². The van der Waals surface area contributed by atoms with Gasteiger partial charge in [-0.3, -0.25) is 4.79 Å². The molecule has 33 heavy (non-hydrogen) atoms. The number of esters is 1. The van der Waals surface area contributed by atoms with E-state index in [4.69, 9.17) is 23.1 Å². The number of hydrogen-bond donors (Lipinski definition) is 1. The normalized spacial score (nSPS) is 16.7. The van der Waals surface area contributed by atoms with Crippen molar-refractivity contribution in [3.63, 3.8) is 0 Å². The van der Waals surface area contributed by atoms with Crippen LogP contribution in [0.15, 0.2) is 18.2 Å². The van der Waals surface area contributed by atoms with Gasteiger partial charge in [0, 0.05) is 18.4 Å². The number of hydrogen-bond acceptors (Lipinski definition) is 8. The minimum Gasteiger partial charge on any atom is -0.467 e. The molecular formula is C22H26F3N3O5. The van der Waals surface area contributed by atoms with Gasteiger partial charge in [-0.1, -0.05) is 25.1 Å². The number of carbonyl (C=O) groups excluding carboxylic acids is 1. The summed E-state index contributed by atoms with van der Waals surface area (Å²) in [5.74, 6) is -1.54. The molecule has 0 spiro atoms. The number of nitrogens with one attached hydrogen (secondary N) is 1. The van der Waals surface area contributed by atoms with Gasteiger partial charge in [-0.15, -0.1) is 0 Å². The van der Waals surface area contributed by atoms with E-state index < -0.39 is 49.2 Å². The summed E-state index contributed by atoms with van der Waals surface area (Å²) in [6.45, 7) is 3.57. The van der Waals surface area contributed by atoms with Crippen molar-refractivity contribution in [1.82, 2.24) is 9.97 Å². The highest BCUT2D eigenvalue weighted by atomic mass is 19.3. The highest BCUT2D eigenvalue weighted by molar-refractivity contribution is 5.68. The molecule has 1 fully saturated rings. The largest absolute Gasteiger partial charge is 0.467 e. The summed E-state index contributed by atoms with van der Waals surface area (Å²) in [5.41, 5.74) is -0.356. The molecule has 1 aliphatic rings. The van der Waals surface area contributed by atoms with Gasteiger partial charge in [-0.25, -0.2) is 13.2 Å². The van der Waals surface area contributed by atoms with Gasteiger partial charge in [0.15, 0.2) is 6.29 Å². The molecule has 0 aliphatic carbocycles. The molecule has 1 atom stereocenters. The monoisotopic (exact) mass is 472 g/mol. The molecule has 0 radical (unpaired) electrons. The van der Waals surface area contributed by atoms with Crippen molar-refractivity contribution in [2.24, 2.45) is 0 Å². The van der Waals surface area contributed by atoms with E-state index in [0.29, 0.717) is 0 Å². The number of benzene rings is 1. The van der Waals surface area contributed by atoms with Gasteiger partial charge in [0.1, 0.15) is 11.6 Å². The summed E-state index contributed by atoms with van der Waals surface area (Å²) in [7, 11) is -2.88. The van der Waals surface area contributed by atoms with Crippen molar-refractivity contribution < 1.29 is 41.0 Å². The molecule has 8 nitrogen and oxygen atoms in total. The molecule has 3 rings (SSSR count). The Bertz CT molecular complexity index is 1070. The van der Waals surface area contributed by atoms with Crippen molar-refractivity contribution in [2.45, 2.75) is 45.4 Å². The molecule has 180 valence electrons. The Kier molecular flexibility index (Phi) is 7.07. The standard InChI is InChI=1S/C22H26F3N3O5/c1-4-16(29)31-9-8-15-17(21-32-10-11-33-21)20(28-22(27-15)30-3)26-12(2)13-6-5-7-14(18(13)23)19(24)25/h5-7,12,19,21H,4,8-11H2,1-3H3,(H,26,27,28)/t12-/m1/s1/i3D3. The van der Waals surface area contributed by atoms with Crippen molar-refractivity contribution in [3.8, 4) is 6.01 Å². The van der Waals surface area contributed by atoms with Crippen LogP contribution in [0.5, 0.6) is 6.01 Å². The summed E-state index contributed by atoms with van der Waals surface area (Å²) >= 11 is 0. The van der Waals surface area contributed by atoms with Crippen LogP contribution in [0, 0.1) is 5.82 Å². The number of alkyl halides is 2. The van der Waals surface area contributed by atoms with Gasteiger partial charge < -0.3 is 24.3 Å². The predicted octanol–water partition coefficient (Wildman–Crippen LogP) is 4.28. The Labute approximate surface area is 193 Å². The van der Waals surface area contributed by atoms with Crippen molar-refractivity contribution in [2.75, 3.05) is 32.2 Å². The average Bonchev–Trinajstić information content (AvgIpc) is 3.32. The molecule has 0 amide bonds. The number of carbonyl (C=O) groups is 1. The molecule has 0 bridgehead atoms. The number of rotatable bonds is 10. The molecule has 2 aromatic rings. The van der Waals surface area contributed by atoms with Crippen molar-refractivity contribution in [3.05, 3.63) is 46.4 Å².